The molecule has 1 N–H and O–H groups in total. The zero-order valence-electron chi connectivity index (χ0n) is 11.3. The Labute approximate surface area is 125 Å². The molecule has 5 heteroatoms. The van der Waals surface area contributed by atoms with Crippen molar-refractivity contribution in [2.24, 2.45) is 0 Å². The van der Waals surface area contributed by atoms with E-state index in [1.165, 1.54) is 18.7 Å². The summed E-state index contributed by atoms with van der Waals surface area (Å²) in [7, 11) is 0. The molecule has 0 atom stereocenters. The number of H-pyrrole nitrogens is 1. The maximum atomic E-state index is 11.7. The number of para-hydroxylation sites is 2. The minimum atomic E-state index is -0.0295. The largest absolute Gasteiger partial charge is 0.333 e. The van der Waals surface area contributed by atoms with Crippen molar-refractivity contribution in [1.29, 1.82) is 5.26 Å². The van der Waals surface area contributed by atoms with Gasteiger partial charge in [0, 0.05) is 10.5 Å². The van der Waals surface area contributed by atoms with E-state index in [0.29, 0.717) is 16.3 Å². The molecule has 21 heavy (non-hydrogen) atoms. The average Bonchev–Trinajstić information content (AvgIpc) is 2.89. The molecule has 0 aliphatic carbocycles. The molecule has 0 amide bonds. The van der Waals surface area contributed by atoms with Crippen molar-refractivity contribution in [2.45, 2.75) is 17.0 Å². The normalized spacial score (nSPS) is 10.5. The zero-order valence-corrected chi connectivity index (χ0v) is 12.1. The predicted octanol–water partition coefficient (Wildman–Crippen LogP) is 3.79. The molecule has 0 spiro atoms. The highest BCUT2D eigenvalue weighted by atomic mass is 32.2. The number of nitrogens with zero attached hydrogens (tertiary/aromatic N) is 2. The maximum Gasteiger partial charge on any atom is 0.171 e. The Morgan fingerprint density at radius 3 is 2.81 bits per heavy atom. The van der Waals surface area contributed by atoms with E-state index in [2.05, 4.69) is 16.0 Å². The van der Waals surface area contributed by atoms with Crippen LogP contribution in [0.4, 0.5) is 0 Å². The fourth-order valence-electron chi connectivity index (χ4n) is 2.05. The van der Waals surface area contributed by atoms with Crippen LogP contribution in [0, 0.1) is 11.3 Å². The van der Waals surface area contributed by atoms with Gasteiger partial charge in [-0.1, -0.05) is 23.9 Å². The number of fused-ring (bicyclic) bond motifs is 1. The SMILES string of the molecule is CC(=O)c1ccc(C#N)cc1Sc1nc2ccccc2[nH]1. The van der Waals surface area contributed by atoms with Gasteiger partial charge in [0.25, 0.3) is 0 Å². The quantitative estimate of drug-likeness (QED) is 0.746. The second-order valence-corrected chi connectivity index (χ2v) is 5.57. The molecule has 3 aromatic rings. The van der Waals surface area contributed by atoms with Crippen LogP contribution in [-0.4, -0.2) is 15.8 Å². The van der Waals surface area contributed by atoms with Gasteiger partial charge >= 0.3 is 0 Å². The number of hydrogen-bond donors (Lipinski definition) is 1. The van der Waals surface area contributed by atoms with E-state index in [9.17, 15) is 4.79 Å². The molecule has 0 fully saturated rings. The van der Waals surface area contributed by atoms with Gasteiger partial charge in [-0.15, -0.1) is 0 Å². The first-order valence-electron chi connectivity index (χ1n) is 6.35. The second-order valence-electron chi connectivity index (χ2n) is 4.54. The van der Waals surface area contributed by atoms with Crippen LogP contribution in [-0.2, 0) is 0 Å². The Bertz CT molecular complexity index is 844. The third kappa shape index (κ3) is 2.67. The lowest BCUT2D eigenvalue weighted by atomic mass is 10.1. The highest BCUT2D eigenvalue weighted by molar-refractivity contribution is 7.99. The average molecular weight is 293 g/mol. The molecule has 1 heterocycles. The summed E-state index contributed by atoms with van der Waals surface area (Å²) in [5.41, 5.74) is 2.94. The highest BCUT2D eigenvalue weighted by Crippen LogP contribution is 2.31. The molecule has 0 saturated heterocycles. The summed E-state index contributed by atoms with van der Waals surface area (Å²) >= 11 is 1.36. The number of nitriles is 1. The third-order valence-electron chi connectivity index (χ3n) is 3.06. The predicted molar refractivity (Wildman–Crippen MR) is 81.4 cm³/mol. The summed E-state index contributed by atoms with van der Waals surface area (Å²) in [5.74, 6) is -0.0295. The number of nitrogens with one attached hydrogen (secondary N) is 1. The lowest BCUT2D eigenvalue weighted by molar-refractivity contribution is 0.101. The van der Waals surface area contributed by atoms with E-state index in [1.54, 1.807) is 18.2 Å². The zero-order chi connectivity index (χ0) is 14.8. The van der Waals surface area contributed by atoms with Crippen molar-refractivity contribution < 1.29 is 4.79 Å². The summed E-state index contributed by atoms with van der Waals surface area (Å²) in [6.45, 7) is 1.52. The molecule has 0 radical (unpaired) electrons. The molecule has 1 aromatic heterocycles. The van der Waals surface area contributed by atoms with Gasteiger partial charge in [0.2, 0.25) is 0 Å². The third-order valence-corrected chi connectivity index (χ3v) is 4.01. The summed E-state index contributed by atoms with van der Waals surface area (Å²) in [6, 6.07) is 14.9. The molecular weight excluding hydrogens is 282 g/mol. The van der Waals surface area contributed by atoms with E-state index >= 15 is 0 Å². The molecule has 0 aliphatic rings. The number of carbonyl (C=O) groups excluding carboxylic acids is 1. The number of carbonyl (C=O) groups is 1. The summed E-state index contributed by atoms with van der Waals surface area (Å²) in [5, 5.41) is 9.71. The monoisotopic (exact) mass is 293 g/mol. The van der Waals surface area contributed by atoms with Gasteiger partial charge < -0.3 is 4.98 Å². The Morgan fingerprint density at radius 2 is 2.10 bits per heavy atom. The summed E-state index contributed by atoms with van der Waals surface area (Å²) in [6.07, 6.45) is 0. The topological polar surface area (TPSA) is 69.5 Å². The highest BCUT2D eigenvalue weighted by Gasteiger charge is 2.12. The summed E-state index contributed by atoms with van der Waals surface area (Å²) < 4.78 is 0. The van der Waals surface area contributed by atoms with Crippen molar-refractivity contribution >= 4 is 28.6 Å². The molecule has 0 unspecified atom stereocenters. The van der Waals surface area contributed by atoms with Crippen LogP contribution >= 0.6 is 11.8 Å². The number of rotatable bonds is 3. The van der Waals surface area contributed by atoms with E-state index in [1.807, 2.05) is 24.3 Å². The van der Waals surface area contributed by atoms with Crippen molar-refractivity contribution in [3.63, 3.8) is 0 Å². The Hall–Kier alpha value is -2.58. The van der Waals surface area contributed by atoms with Crippen LogP contribution in [0.25, 0.3) is 11.0 Å². The van der Waals surface area contributed by atoms with Crippen LogP contribution in [0.3, 0.4) is 0 Å². The van der Waals surface area contributed by atoms with E-state index in [0.717, 1.165) is 15.9 Å². The minimum absolute atomic E-state index is 0.0295. The lowest BCUT2D eigenvalue weighted by Crippen LogP contribution is -1.96. The number of benzene rings is 2. The van der Waals surface area contributed by atoms with Crippen LogP contribution in [0.1, 0.15) is 22.8 Å². The van der Waals surface area contributed by atoms with Gasteiger partial charge in [0.1, 0.15) is 0 Å². The van der Waals surface area contributed by atoms with Crippen molar-refractivity contribution in [2.75, 3.05) is 0 Å². The molecule has 4 nitrogen and oxygen atoms in total. The Kier molecular flexibility index (Phi) is 3.46. The van der Waals surface area contributed by atoms with Crippen LogP contribution < -0.4 is 0 Å². The van der Waals surface area contributed by atoms with Gasteiger partial charge in [-0.05, 0) is 37.3 Å². The van der Waals surface area contributed by atoms with Gasteiger partial charge in [0.05, 0.1) is 22.7 Å². The van der Waals surface area contributed by atoms with E-state index in [4.69, 9.17) is 5.26 Å². The van der Waals surface area contributed by atoms with Crippen LogP contribution in [0.5, 0.6) is 0 Å². The maximum absolute atomic E-state index is 11.7. The molecule has 0 aliphatic heterocycles. The van der Waals surface area contributed by atoms with Crippen LogP contribution in [0.15, 0.2) is 52.5 Å². The number of aromatic amines is 1. The number of aromatic nitrogens is 2. The molecular formula is C16H11N3OS. The Morgan fingerprint density at radius 1 is 1.29 bits per heavy atom. The first-order chi connectivity index (χ1) is 10.2. The number of ketones is 1. The minimum Gasteiger partial charge on any atom is -0.333 e. The fourth-order valence-corrected chi connectivity index (χ4v) is 3.07. The summed E-state index contributed by atoms with van der Waals surface area (Å²) in [4.78, 5) is 20.1. The van der Waals surface area contributed by atoms with Gasteiger partial charge in [-0.2, -0.15) is 5.26 Å². The molecule has 0 bridgehead atoms. The molecule has 3 rings (SSSR count). The number of Topliss-reactive ketones (excluding diaryl/α,β-unsaturated/α-hetero) is 1. The standard InChI is InChI=1S/C16H11N3OS/c1-10(20)12-7-6-11(9-17)8-15(12)21-16-18-13-4-2-3-5-14(13)19-16/h2-8H,1H3,(H,18,19). The molecule has 2 aromatic carbocycles. The smallest absolute Gasteiger partial charge is 0.171 e. The Balaban J connectivity index is 2.03. The number of hydrogen-bond acceptors (Lipinski definition) is 4. The van der Waals surface area contributed by atoms with E-state index in [-0.39, 0.29) is 5.78 Å². The van der Waals surface area contributed by atoms with Crippen molar-refractivity contribution in [3.05, 3.63) is 53.6 Å². The van der Waals surface area contributed by atoms with Crippen molar-refractivity contribution in [1.82, 2.24) is 9.97 Å². The van der Waals surface area contributed by atoms with Gasteiger partial charge in [0.15, 0.2) is 10.9 Å². The number of imidazole rings is 1. The molecule has 102 valence electrons. The first-order valence-corrected chi connectivity index (χ1v) is 7.17. The van der Waals surface area contributed by atoms with Crippen molar-refractivity contribution in [3.8, 4) is 6.07 Å². The molecule has 0 saturated carbocycles. The van der Waals surface area contributed by atoms with Gasteiger partial charge in [-0.25, -0.2) is 4.98 Å². The lowest BCUT2D eigenvalue weighted by Gasteiger charge is -2.05. The first kappa shape index (κ1) is 13.4. The van der Waals surface area contributed by atoms with E-state index < -0.39 is 0 Å². The van der Waals surface area contributed by atoms with Gasteiger partial charge in [-0.3, -0.25) is 4.79 Å². The fraction of sp³-hybridized carbons (Fsp3) is 0.0625. The second kappa shape index (κ2) is 5.43. The van der Waals surface area contributed by atoms with Crippen LogP contribution in [0.2, 0.25) is 0 Å².